The van der Waals surface area contributed by atoms with Gasteiger partial charge in [0, 0.05) is 6.42 Å². The highest BCUT2D eigenvalue weighted by Gasteiger charge is 2.09. The van der Waals surface area contributed by atoms with Crippen molar-refractivity contribution in [3.63, 3.8) is 0 Å². The van der Waals surface area contributed by atoms with Crippen LogP contribution in [0.25, 0.3) is 0 Å². The Bertz CT molecular complexity index is 438. The third kappa shape index (κ3) is 4.23. The van der Waals surface area contributed by atoms with Crippen molar-refractivity contribution in [3.8, 4) is 5.88 Å². The molecule has 8 heteroatoms. The second-order valence-corrected chi connectivity index (χ2v) is 3.36. The van der Waals surface area contributed by atoms with Crippen LogP contribution in [-0.2, 0) is 9.59 Å². The number of methoxy groups -OCH3 is 1. The Morgan fingerprint density at radius 2 is 2.24 bits per heavy atom. The number of aromatic nitrogens is 2. The summed E-state index contributed by atoms with van der Waals surface area (Å²) in [5, 5.41) is 10.9. The van der Waals surface area contributed by atoms with E-state index >= 15 is 0 Å². The molecule has 1 rings (SSSR count). The Morgan fingerprint density at radius 1 is 1.53 bits per heavy atom. The van der Waals surface area contributed by atoms with Gasteiger partial charge in [-0.15, -0.1) is 0 Å². The van der Waals surface area contributed by atoms with E-state index in [0.29, 0.717) is 0 Å². The van der Waals surface area contributed by atoms with Gasteiger partial charge in [0.15, 0.2) is 11.0 Å². The highest BCUT2D eigenvalue weighted by Crippen LogP contribution is 2.19. The zero-order valence-electron chi connectivity index (χ0n) is 8.94. The predicted octanol–water partition coefficient (Wildman–Crippen LogP) is 0.942. The zero-order chi connectivity index (χ0) is 12.8. The first-order chi connectivity index (χ1) is 8.02. The summed E-state index contributed by atoms with van der Waals surface area (Å²) in [7, 11) is 1.37. The van der Waals surface area contributed by atoms with Gasteiger partial charge in [-0.1, -0.05) is 11.6 Å². The van der Waals surface area contributed by atoms with Gasteiger partial charge in [-0.2, -0.15) is 4.98 Å². The third-order valence-corrected chi connectivity index (χ3v) is 1.98. The molecule has 0 aliphatic rings. The van der Waals surface area contributed by atoms with Gasteiger partial charge in [0.05, 0.1) is 19.7 Å². The molecule has 0 radical (unpaired) electrons. The Balaban J connectivity index is 2.62. The van der Waals surface area contributed by atoms with Crippen molar-refractivity contribution in [3.05, 3.63) is 11.3 Å². The average Bonchev–Trinajstić information content (AvgIpc) is 2.29. The van der Waals surface area contributed by atoms with E-state index in [2.05, 4.69) is 15.3 Å². The molecule has 0 spiro atoms. The summed E-state index contributed by atoms with van der Waals surface area (Å²) < 4.78 is 4.81. The molecule has 92 valence electrons. The van der Waals surface area contributed by atoms with Gasteiger partial charge >= 0.3 is 5.97 Å². The van der Waals surface area contributed by atoms with Gasteiger partial charge in [-0.25, -0.2) is 4.98 Å². The minimum Gasteiger partial charge on any atom is -0.481 e. The van der Waals surface area contributed by atoms with Gasteiger partial charge in [0.25, 0.3) is 5.88 Å². The maximum atomic E-state index is 11.3. The second kappa shape index (κ2) is 6.00. The lowest BCUT2D eigenvalue weighted by Gasteiger charge is -2.05. The molecule has 0 aliphatic heterocycles. The van der Waals surface area contributed by atoms with E-state index in [1.165, 1.54) is 13.3 Å². The van der Waals surface area contributed by atoms with E-state index in [9.17, 15) is 9.59 Å². The van der Waals surface area contributed by atoms with Crippen LogP contribution in [-0.4, -0.2) is 34.1 Å². The minimum absolute atomic E-state index is 0.0797. The average molecular weight is 260 g/mol. The highest BCUT2D eigenvalue weighted by atomic mass is 35.5. The van der Waals surface area contributed by atoms with Crippen LogP contribution >= 0.6 is 11.6 Å². The number of carboxylic acids is 1. The number of amides is 1. The number of hydrogen-bond acceptors (Lipinski definition) is 5. The lowest BCUT2D eigenvalue weighted by Crippen LogP contribution is -2.14. The van der Waals surface area contributed by atoms with E-state index in [1.54, 1.807) is 0 Å². The summed E-state index contributed by atoms with van der Waals surface area (Å²) in [6.07, 6.45) is 0.870. The van der Waals surface area contributed by atoms with Gasteiger partial charge in [0.1, 0.15) is 0 Å². The first kappa shape index (κ1) is 13.2. The molecule has 1 heterocycles. The largest absolute Gasteiger partial charge is 0.481 e. The van der Waals surface area contributed by atoms with Crippen LogP contribution in [0.2, 0.25) is 5.15 Å². The number of nitrogens with one attached hydrogen (secondary N) is 1. The van der Waals surface area contributed by atoms with Crippen molar-refractivity contribution in [1.82, 2.24) is 9.97 Å². The molecule has 1 aromatic rings. The summed E-state index contributed by atoms with van der Waals surface area (Å²) in [4.78, 5) is 29.1. The predicted molar refractivity (Wildman–Crippen MR) is 59.1 cm³/mol. The molecule has 1 amide bonds. The standard InChI is InChI=1S/C9H10ClN3O4/c1-17-9-8(10)11-4-5(13-9)12-6(14)2-3-7(15)16/h4H,2-3H2,1H3,(H,15,16)(H,12,13,14). The van der Waals surface area contributed by atoms with Crippen LogP contribution in [0.15, 0.2) is 6.20 Å². The SMILES string of the molecule is COc1nc(NC(=O)CCC(=O)O)cnc1Cl. The summed E-state index contributed by atoms with van der Waals surface area (Å²) >= 11 is 5.65. The van der Waals surface area contributed by atoms with Crippen molar-refractivity contribution in [2.75, 3.05) is 12.4 Å². The Morgan fingerprint density at radius 3 is 2.82 bits per heavy atom. The number of carbonyl (C=O) groups excluding carboxylic acids is 1. The molecule has 0 fully saturated rings. The molecule has 2 N–H and O–H groups in total. The number of hydrogen-bond donors (Lipinski definition) is 2. The number of halogens is 1. The fourth-order valence-electron chi connectivity index (χ4n) is 0.973. The monoisotopic (exact) mass is 259 g/mol. The van der Waals surface area contributed by atoms with Gasteiger partial charge < -0.3 is 15.2 Å². The maximum absolute atomic E-state index is 11.3. The maximum Gasteiger partial charge on any atom is 0.303 e. The fourth-order valence-corrected chi connectivity index (χ4v) is 1.14. The van der Waals surface area contributed by atoms with Crippen LogP contribution in [0.1, 0.15) is 12.8 Å². The van der Waals surface area contributed by atoms with Gasteiger partial charge in [-0.3, -0.25) is 9.59 Å². The Labute approximate surface area is 102 Å². The van der Waals surface area contributed by atoms with E-state index in [1.807, 2.05) is 0 Å². The van der Waals surface area contributed by atoms with E-state index in [4.69, 9.17) is 21.4 Å². The molecule has 17 heavy (non-hydrogen) atoms. The molecule has 0 aliphatic carbocycles. The topological polar surface area (TPSA) is 101 Å². The lowest BCUT2D eigenvalue weighted by molar-refractivity contribution is -0.138. The van der Waals surface area contributed by atoms with Crippen molar-refractivity contribution in [2.45, 2.75) is 12.8 Å². The quantitative estimate of drug-likeness (QED) is 0.816. The summed E-state index contributed by atoms with van der Waals surface area (Å²) in [6.45, 7) is 0. The molecule has 0 atom stereocenters. The van der Waals surface area contributed by atoms with Crippen molar-refractivity contribution in [2.24, 2.45) is 0 Å². The molecular weight excluding hydrogens is 250 g/mol. The minimum atomic E-state index is -1.04. The van der Waals surface area contributed by atoms with Crippen molar-refractivity contribution >= 4 is 29.3 Å². The fraction of sp³-hybridized carbons (Fsp3) is 0.333. The van der Waals surface area contributed by atoms with E-state index < -0.39 is 11.9 Å². The highest BCUT2D eigenvalue weighted by molar-refractivity contribution is 6.30. The number of nitrogens with zero attached hydrogens (tertiary/aromatic N) is 2. The van der Waals surface area contributed by atoms with Gasteiger partial charge in [0.2, 0.25) is 5.91 Å². The zero-order valence-corrected chi connectivity index (χ0v) is 9.69. The number of ether oxygens (including phenoxy) is 1. The molecular formula is C9H10ClN3O4. The number of carboxylic acid groups (broad SMARTS) is 1. The van der Waals surface area contributed by atoms with E-state index in [0.717, 1.165) is 0 Å². The number of rotatable bonds is 5. The number of carbonyl (C=O) groups is 2. The summed E-state index contributed by atoms with van der Waals surface area (Å²) in [5.41, 5.74) is 0. The van der Waals surface area contributed by atoms with Crippen LogP contribution < -0.4 is 10.1 Å². The van der Waals surface area contributed by atoms with Crippen LogP contribution in [0.3, 0.4) is 0 Å². The van der Waals surface area contributed by atoms with Crippen LogP contribution in [0, 0.1) is 0 Å². The third-order valence-electron chi connectivity index (χ3n) is 1.73. The Kier molecular flexibility index (Phi) is 4.65. The first-order valence-corrected chi connectivity index (χ1v) is 4.99. The molecule has 0 saturated heterocycles. The first-order valence-electron chi connectivity index (χ1n) is 4.61. The summed E-state index contributed by atoms with van der Waals surface area (Å²) in [5.74, 6) is -1.27. The molecule has 0 unspecified atom stereocenters. The molecule has 7 nitrogen and oxygen atoms in total. The normalized spacial score (nSPS) is 9.76. The number of aliphatic carboxylic acids is 1. The van der Waals surface area contributed by atoms with Crippen molar-refractivity contribution in [1.29, 1.82) is 0 Å². The Hall–Kier alpha value is -1.89. The van der Waals surface area contributed by atoms with Crippen LogP contribution in [0.5, 0.6) is 5.88 Å². The number of anilines is 1. The smallest absolute Gasteiger partial charge is 0.303 e. The van der Waals surface area contributed by atoms with E-state index in [-0.39, 0.29) is 29.7 Å². The van der Waals surface area contributed by atoms with Crippen molar-refractivity contribution < 1.29 is 19.4 Å². The van der Waals surface area contributed by atoms with Gasteiger partial charge in [-0.05, 0) is 0 Å². The lowest BCUT2D eigenvalue weighted by atomic mass is 10.3. The summed E-state index contributed by atoms with van der Waals surface area (Å²) in [6, 6.07) is 0. The molecule has 0 aromatic carbocycles. The molecule has 1 aromatic heterocycles. The second-order valence-electron chi connectivity index (χ2n) is 3.00. The van der Waals surface area contributed by atoms with Crippen LogP contribution in [0.4, 0.5) is 5.82 Å². The molecule has 0 saturated carbocycles. The molecule has 0 bridgehead atoms.